The van der Waals surface area contributed by atoms with Gasteiger partial charge >= 0.3 is 6.09 Å². The third kappa shape index (κ3) is 2.13. The van der Waals surface area contributed by atoms with Crippen molar-refractivity contribution < 1.29 is 14.3 Å². The van der Waals surface area contributed by atoms with Gasteiger partial charge in [-0.15, -0.1) is 0 Å². The maximum Gasteiger partial charge on any atom is 0.417 e. The standard InChI is InChI=1S/C10H15NO3/c1-3-5-8-7-14-10(13)11(8)9(12)6-4-2/h4,6,8H,3,5,7H2,1-2H3/t8-/m0/s1. The van der Waals surface area contributed by atoms with Gasteiger partial charge in [-0.1, -0.05) is 19.4 Å². The van der Waals surface area contributed by atoms with Crippen LogP contribution in [0.3, 0.4) is 0 Å². The monoisotopic (exact) mass is 197 g/mol. The van der Waals surface area contributed by atoms with Crippen LogP contribution < -0.4 is 0 Å². The first-order chi connectivity index (χ1) is 6.70. The first-order valence-corrected chi connectivity index (χ1v) is 4.83. The van der Waals surface area contributed by atoms with Gasteiger partial charge in [0.1, 0.15) is 6.61 Å². The highest BCUT2D eigenvalue weighted by Gasteiger charge is 2.35. The van der Waals surface area contributed by atoms with Gasteiger partial charge in [0.05, 0.1) is 6.04 Å². The summed E-state index contributed by atoms with van der Waals surface area (Å²) in [7, 11) is 0. The van der Waals surface area contributed by atoms with Crippen molar-refractivity contribution >= 4 is 12.0 Å². The van der Waals surface area contributed by atoms with Gasteiger partial charge in [0, 0.05) is 0 Å². The van der Waals surface area contributed by atoms with E-state index in [1.807, 2.05) is 6.92 Å². The fraction of sp³-hybridized carbons (Fsp3) is 0.600. The van der Waals surface area contributed by atoms with E-state index in [2.05, 4.69) is 0 Å². The molecule has 0 N–H and O–H groups in total. The van der Waals surface area contributed by atoms with E-state index in [-0.39, 0.29) is 11.9 Å². The maximum atomic E-state index is 11.5. The highest BCUT2D eigenvalue weighted by Crippen LogP contribution is 2.17. The van der Waals surface area contributed by atoms with Crippen LogP contribution in [0.2, 0.25) is 0 Å². The van der Waals surface area contributed by atoms with E-state index in [0.717, 1.165) is 12.8 Å². The van der Waals surface area contributed by atoms with Gasteiger partial charge in [0.2, 0.25) is 0 Å². The minimum absolute atomic E-state index is 0.0869. The molecule has 78 valence electrons. The van der Waals surface area contributed by atoms with E-state index in [1.54, 1.807) is 13.0 Å². The number of hydrogen-bond donors (Lipinski definition) is 0. The zero-order valence-corrected chi connectivity index (χ0v) is 8.53. The number of imide groups is 1. The zero-order valence-electron chi connectivity index (χ0n) is 8.53. The van der Waals surface area contributed by atoms with Crippen LogP contribution in [0.4, 0.5) is 4.79 Å². The smallest absolute Gasteiger partial charge is 0.417 e. The summed E-state index contributed by atoms with van der Waals surface area (Å²) >= 11 is 0. The van der Waals surface area contributed by atoms with Gasteiger partial charge in [-0.3, -0.25) is 4.79 Å². The normalized spacial score (nSPS) is 21.7. The Hall–Kier alpha value is -1.32. The Morgan fingerprint density at radius 2 is 2.43 bits per heavy atom. The number of carbonyl (C=O) groups excluding carboxylic acids is 2. The Morgan fingerprint density at radius 3 is 3.00 bits per heavy atom. The van der Waals surface area contributed by atoms with Gasteiger partial charge < -0.3 is 4.74 Å². The summed E-state index contributed by atoms with van der Waals surface area (Å²) in [6.45, 7) is 4.09. The lowest BCUT2D eigenvalue weighted by Crippen LogP contribution is -2.37. The van der Waals surface area contributed by atoms with Crippen LogP contribution in [0.15, 0.2) is 12.2 Å². The van der Waals surface area contributed by atoms with Crippen molar-refractivity contribution in [3.05, 3.63) is 12.2 Å². The second kappa shape index (κ2) is 4.79. The van der Waals surface area contributed by atoms with Gasteiger partial charge in [0.15, 0.2) is 0 Å². The minimum Gasteiger partial charge on any atom is -0.447 e. The number of carbonyl (C=O) groups is 2. The Morgan fingerprint density at radius 1 is 1.71 bits per heavy atom. The molecule has 0 radical (unpaired) electrons. The van der Waals surface area contributed by atoms with E-state index in [9.17, 15) is 9.59 Å². The van der Waals surface area contributed by atoms with Crippen LogP contribution in [0.25, 0.3) is 0 Å². The van der Waals surface area contributed by atoms with Gasteiger partial charge in [-0.25, -0.2) is 9.69 Å². The predicted molar refractivity (Wildman–Crippen MR) is 51.7 cm³/mol. The average molecular weight is 197 g/mol. The fourth-order valence-electron chi connectivity index (χ4n) is 1.50. The van der Waals surface area contributed by atoms with Crippen LogP contribution in [0, 0.1) is 0 Å². The summed E-state index contributed by atoms with van der Waals surface area (Å²) in [4.78, 5) is 23.9. The molecule has 1 atom stereocenters. The van der Waals surface area contributed by atoms with Crippen molar-refractivity contribution in [1.82, 2.24) is 4.90 Å². The molecule has 0 spiro atoms. The second-order valence-corrected chi connectivity index (χ2v) is 3.23. The van der Waals surface area contributed by atoms with Gasteiger partial charge in [-0.2, -0.15) is 0 Å². The molecular weight excluding hydrogens is 182 g/mol. The SMILES string of the molecule is CC=CC(=O)N1C(=O)OC[C@@H]1CCC. The van der Waals surface area contributed by atoms with Crippen molar-refractivity contribution in [2.45, 2.75) is 32.7 Å². The number of hydrogen-bond acceptors (Lipinski definition) is 3. The molecule has 4 nitrogen and oxygen atoms in total. The number of rotatable bonds is 3. The molecule has 1 aliphatic heterocycles. The Bertz CT molecular complexity index is 260. The molecule has 1 aliphatic rings. The van der Waals surface area contributed by atoms with Crippen molar-refractivity contribution in [3.63, 3.8) is 0 Å². The predicted octanol–water partition coefficient (Wildman–Crippen LogP) is 1.71. The molecule has 14 heavy (non-hydrogen) atoms. The van der Waals surface area contributed by atoms with E-state index < -0.39 is 6.09 Å². The van der Waals surface area contributed by atoms with Crippen LogP contribution in [0.1, 0.15) is 26.7 Å². The minimum atomic E-state index is -0.522. The van der Waals surface area contributed by atoms with E-state index in [0.29, 0.717) is 6.61 Å². The molecular formula is C10H15NO3. The fourth-order valence-corrected chi connectivity index (χ4v) is 1.50. The third-order valence-electron chi connectivity index (χ3n) is 2.13. The molecule has 1 fully saturated rings. The van der Waals surface area contributed by atoms with E-state index in [4.69, 9.17) is 4.74 Å². The number of cyclic esters (lactones) is 1. The lowest BCUT2D eigenvalue weighted by Gasteiger charge is -2.16. The Labute approximate surface area is 83.5 Å². The summed E-state index contributed by atoms with van der Waals surface area (Å²) in [6.07, 6.45) is 4.22. The Kier molecular flexibility index (Phi) is 3.68. The molecule has 0 aromatic carbocycles. The second-order valence-electron chi connectivity index (χ2n) is 3.23. The number of amides is 2. The van der Waals surface area contributed by atoms with Gasteiger partial charge in [0.25, 0.3) is 5.91 Å². The number of ether oxygens (including phenoxy) is 1. The summed E-state index contributed by atoms with van der Waals surface area (Å²) in [5, 5.41) is 0. The Balaban J connectivity index is 2.71. The summed E-state index contributed by atoms with van der Waals surface area (Å²) in [5.74, 6) is -0.284. The molecule has 0 bridgehead atoms. The largest absolute Gasteiger partial charge is 0.447 e. The molecule has 1 heterocycles. The maximum absolute atomic E-state index is 11.5. The molecule has 0 aromatic heterocycles. The van der Waals surface area contributed by atoms with Crippen LogP contribution in [-0.2, 0) is 9.53 Å². The molecule has 0 saturated carbocycles. The van der Waals surface area contributed by atoms with Crippen LogP contribution >= 0.6 is 0 Å². The topological polar surface area (TPSA) is 46.6 Å². The zero-order chi connectivity index (χ0) is 10.6. The van der Waals surface area contributed by atoms with Crippen LogP contribution in [-0.4, -0.2) is 29.5 Å². The molecule has 0 aromatic rings. The third-order valence-corrected chi connectivity index (χ3v) is 2.13. The number of nitrogens with zero attached hydrogens (tertiary/aromatic N) is 1. The average Bonchev–Trinajstić information content (AvgIpc) is 2.48. The van der Waals surface area contributed by atoms with E-state index >= 15 is 0 Å². The van der Waals surface area contributed by atoms with Crippen LogP contribution in [0.5, 0.6) is 0 Å². The molecule has 0 aliphatic carbocycles. The molecule has 1 rings (SSSR count). The van der Waals surface area contributed by atoms with E-state index in [1.165, 1.54) is 11.0 Å². The highest BCUT2D eigenvalue weighted by molar-refractivity contribution is 5.99. The summed E-state index contributed by atoms with van der Waals surface area (Å²) in [6, 6.07) is -0.0869. The quantitative estimate of drug-likeness (QED) is 0.647. The highest BCUT2D eigenvalue weighted by atomic mass is 16.6. The lowest BCUT2D eigenvalue weighted by molar-refractivity contribution is -0.124. The summed E-state index contributed by atoms with van der Waals surface area (Å²) in [5.41, 5.74) is 0. The summed E-state index contributed by atoms with van der Waals surface area (Å²) < 4.78 is 4.83. The molecule has 4 heteroatoms. The first kappa shape index (κ1) is 10.8. The molecule has 2 amide bonds. The lowest BCUT2D eigenvalue weighted by atomic mass is 10.1. The first-order valence-electron chi connectivity index (χ1n) is 4.83. The van der Waals surface area contributed by atoms with Gasteiger partial charge in [-0.05, 0) is 19.4 Å². The van der Waals surface area contributed by atoms with Crippen molar-refractivity contribution in [3.8, 4) is 0 Å². The number of allylic oxidation sites excluding steroid dienone is 1. The van der Waals surface area contributed by atoms with Crippen molar-refractivity contribution in [1.29, 1.82) is 0 Å². The molecule has 1 saturated heterocycles. The molecule has 0 unspecified atom stereocenters. The van der Waals surface area contributed by atoms with Crippen molar-refractivity contribution in [2.75, 3.05) is 6.61 Å². The van der Waals surface area contributed by atoms with Crippen molar-refractivity contribution in [2.24, 2.45) is 0 Å².